The highest BCUT2D eigenvalue weighted by atomic mass is 16.6. The van der Waals surface area contributed by atoms with Crippen LogP contribution in [0.25, 0.3) is 0 Å². The minimum Gasteiger partial charge on any atom is -0.459 e. The van der Waals surface area contributed by atoms with Crippen molar-refractivity contribution in [1.82, 2.24) is 10.6 Å². The standard InChI is InChI=1S/C26H36N2O8/c1-9-21(29)33-15-17(3)35-23(31)27-25(5,6)19-12-11-13-20(14-19)26(7,8)28-24(32)36-18(4)16-34-22(30)10-2/h9-14,17-18H,1-2,15-16H2,3-8H3,(H,27,31)(H,28,32). The monoisotopic (exact) mass is 504 g/mol. The zero-order chi connectivity index (χ0) is 27.5. The van der Waals surface area contributed by atoms with Gasteiger partial charge in [-0.25, -0.2) is 19.2 Å². The van der Waals surface area contributed by atoms with E-state index in [1.165, 1.54) is 0 Å². The van der Waals surface area contributed by atoms with E-state index in [0.717, 1.165) is 23.3 Å². The van der Waals surface area contributed by atoms with Gasteiger partial charge in [0.1, 0.15) is 25.4 Å². The number of nitrogens with one attached hydrogen (secondary N) is 2. The van der Waals surface area contributed by atoms with Gasteiger partial charge >= 0.3 is 24.1 Å². The zero-order valence-corrected chi connectivity index (χ0v) is 21.7. The predicted molar refractivity (Wildman–Crippen MR) is 133 cm³/mol. The molecular formula is C26H36N2O8. The van der Waals surface area contributed by atoms with Crippen molar-refractivity contribution in [2.75, 3.05) is 13.2 Å². The first-order chi connectivity index (χ1) is 16.7. The van der Waals surface area contributed by atoms with Crippen molar-refractivity contribution >= 4 is 24.1 Å². The van der Waals surface area contributed by atoms with E-state index < -0.39 is 47.4 Å². The molecule has 0 aliphatic carbocycles. The van der Waals surface area contributed by atoms with E-state index in [1.54, 1.807) is 41.5 Å². The molecule has 0 saturated carbocycles. The highest BCUT2D eigenvalue weighted by Crippen LogP contribution is 2.27. The Kier molecular flexibility index (Phi) is 11.2. The normalized spacial score (nSPS) is 12.8. The first kappa shape index (κ1) is 30.2. The number of alkyl carbamates (subject to hydrolysis) is 2. The second-order valence-electron chi connectivity index (χ2n) is 9.18. The van der Waals surface area contributed by atoms with Gasteiger partial charge in [0.15, 0.2) is 0 Å². The van der Waals surface area contributed by atoms with Crippen molar-refractivity contribution in [3.05, 3.63) is 60.7 Å². The molecule has 0 aromatic heterocycles. The van der Waals surface area contributed by atoms with Gasteiger partial charge in [0.25, 0.3) is 0 Å². The van der Waals surface area contributed by atoms with Crippen molar-refractivity contribution in [1.29, 1.82) is 0 Å². The van der Waals surface area contributed by atoms with Gasteiger partial charge < -0.3 is 29.6 Å². The summed E-state index contributed by atoms with van der Waals surface area (Å²) in [5.41, 5.74) is -0.138. The van der Waals surface area contributed by atoms with Crippen LogP contribution in [0.1, 0.15) is 52.7 Å². The molecule has 2 amide bonds. The number of hydrogen-bond acceptors (Lipinski definition) is 8. The van der Waals surface area contributed by atoms with Crippen molar-refractivity contribution in [3.8, 4) is 0 Å². The summed E-state index contributed by atoms with van der Waals surface area (Å²) in [6, 6.07) is 7.33. The van der Waals surface area contributed by atoms with Gasteiger partial charge in [0, 0.05) is 12.2 Å². The SMILES string of the molecule is C=CC(=O)OCC(C)OC(=O)NC(C)(C)c1cccc(C(C)(C)NC(=O)OC(C)COC(=O)C=C)c1. The molecule has 2 atom stereocenters. The molecule has 1 rings (SSSR count). The lowest BCUT2D eigenvalue weighted by molar-refractivity contribution is -0.141. The minimum absolute atomic E-state index is 0.0978. The summed E-state index contributed by atoms with van der Waals surface area (Å²) in [6.07, 6.45) is -0.624. The average Bonchev–Trinajstić information content (AvgIpc) is 2.80. The van der Waals surface area contributed by atoms with E-state index in [-0.39, 0.29) is 13.2 Å². The molecule has 0 fully saturated rings. The Morgan fingerprint density at radius 3 is 1.50 bits per heavy atom. The smallest absolute Gasteiger partial charge is 0.408 e. The summed E-state index contributed by atoms with van der Waals surface area (Å²) >= 11 is 0. The van der Waals surface area contributed by atoms with Gasteiger partial charge in [-0.2, -0.15) is 0 Å². The molecule has 10 heteroatoms. The van der Waals surface area contributed by atoms with E-state index in [0.29, 0.717) is 0 Å². The highest BCUT2D eigenvalue weighted by molar-refractivity contribution is 5.81. The van der Waals surface area contributed by atoms with E-state index in [9.17, 15) is 19.2 Å². The van der Waals surface area contributed by atoms with Gasteiger partial charge in [-0.15, -0.1) is 0 Å². The van der Waals surface area contributed by atoms with Gasteiger partial charge in [0.2, 0.25) is 0 Å². The van der Waals surface area contributed by atoms with Crippen LogP contribution in [0, 0.1) is 0 Å². The minimum atomic E-state index is -0.829. The Morgan fingerprint density at radius 2 is 1.17 bits per heavy atom. The molecule has 198 valence electrons. The van der Waals surface area contributed by atoms with Crippen molar-refractivity contribution in [2.24, 2.45) is 0 Å². The number of amides is 2. The Bertz CT molecular complexity index is 897. The van der Waals surface area contributed by atoms with Crippen LogP contribution in [0.3, 0.4) is 0 Å². The molecule has 2 N–H and O–H groups in total. The van der Waals surface area contributed by atoms with Crippen LogP contribution >= 0.6 is 0 Å². The quantitative estimate of drug-likeness (QED) is 0.250. The number of carbonyl (C=O) groups excluding carboxylic acids is 4. The zero-order valence-electron chi connectivity index (χ0n) is 21.7. The van der Waals surface area contributed by atoms with E-state index in [4.69, 9.17) is 18.9 Å². The lowest BCUT2D eigenvalue weighted by Crippen LogP contribution is -2.44. The lowest BCUT2D eigenvalue weighted by atomic mass is 9.87. The molecule has 0 saturated heterocycles. The Labute approximate surface area is 212 Å². The number of ether oxygens (including phenoxy) is 4. The molecule has 0 heterocycles. The molecule has 2 unspecified atom stereocenters. The van der Waals surface area contributed by atoms with Gasteiger partial charge in [0.05, 0.1) is 11.1 Å². The Balaban J connectivity index is 2.80. The van der Waals surface area contributed by atoms with E-state index in [1.807, 2.05) is 24.3 Å². The second-order valence-corrected chi connectivity index (χ2v) is 9.18. The van der Waals surface area contributed by atoms with Gasteiger partial charge in [-0.05, 0) is 52.7 Å². The Hall–Kier alpha value is -3.82. The molecule has 1 aromatic carbocycles. The average molecular weight is 505 g/mol. The number of esters is 2. The fraction of sp³-hybridized carbons (Fsp3) is 0.462. The van der Waals surface area contributed by atoms with Crippen molar-refractivity contribution in [2.45, 2.75) is 64.8 Å². The molecule has 36 heavy (non-hydrogen) atoms. The maximum atomic E-state index is 12.4. The molecule has 1 aromatic rings. The van der Waals surface area contributed by atoms with Crippen LogP contribution in [0.15, 0.2) is 49.6 Å². The maximum Gasteiger partial charge on any atom is 0.408 e. The summed E-state index contributed by atoms with van der Waals surface area (Å²) in [4.78, 5) is 47.1. The fourth-order valence-corrected chi connectivity index (χ4v) is 2.96. The predicted octanol–water partition coefficient (Wildman–Crippen LogP) is 3.84. The van der Waals surface area contributed by atoms with E-state index in [2.05, 4.69) is 23.8 Å². The molecule has 0 aliphatic rings. The summed E-state index contributed by atoms with van der Waals surface area (Å²) < 4.78 is 20.3. The van der Waals surface area contributed by atoms with Crippen LogP contribution in [-0.4, -0.2) is 49.5 Å². The van der Waals surface area contributed by atoms with Crippen molar-refractivity contribution in [3.63, 3.8) is 0 Å². The molecule has 10 nitrogen and oxygen atoms in total. The summed E-state index contributed by atoms with van der Waals surface area (Å²) in [7, 11) is 0. The molecule has 0 spiro atoms. The molecule has 0 radical (unpaired) electrons. The largest absolute Gasteiger partial charge is 0.459 e. The van der Waals surface area contributed by atoms with Crippen LogP contribution in [0.2, 0.25) is 0 Å². The van der Waals surface area contributed by atoms with Crippen LogP contribution in [0.4, 0.5) is 9.59 Å². The number of benzene rings is 1. The van der Waals surface area contributed by atoms with Gasteiger partial charge in [-0.1, -0.05) is 37.4 Å². The Morgan fingerprint density at radius 1 is 0.806 bits per heavy atom. The van der Waals surface area contributed by atoms with Crippen LogP contribution in [-0.2, 0) is 39.6 Å². The van der Waals surface area contributed by atoms with Gasteiger partial charge in [-0.3, -0.25) is 0 Å². The third-order valence-electron chi connectivity index (χ3n) is 5.01. The second kappa shape index (κ2) is 13.3. The summed E-state index contributed by atoms with van der Waals surface area (Å²) in [5.74, 6) is -1.21. The van der Waals surface area contributed by atoms with Crippen LogP contribution in [0.5, 0.6) is 0 Å². The third-order valence-corrected chi connectivity index (χ3v) is 5.01. The summed E-state index contributed by atoms with van der Waals surface area (Å²) in [5, 5.41) is 5.59. The topological polar surface area (TPSA) is 129 Å². The number of rotatable bonds is 12. The fourth-order valence-electron chi connectivity index (χ4n) is 2.96. The van der Waals surface area contributed by atoms with Crippen LogP contribution < -0.4 is 10.6 Å². The molecule has 0 aliphatic heterocycles. The first-order valence-corrected chi connectivity index (χ1v) is 11.4. The lowest BCUT2D eigenvalue weighted by Gasteiger charge is -2.31. The highest BCUT2D eigenvalue weighted by Gasteiger charge is 2.29. The first-order valence-electron chi connectivity index (χ1n) is 11.4. The summed E-state index contributed by atoms with van der Waals surface area (Å²) in [6.45, 7) is 16.8. The maximum absolute atomic E-state index is 12.4. The number of carbonyl (C=O) groups is 4. The number of hydrogen-bond donors (Lipinski definition) is 2. The molecule has 0 bridgehead atoms. The van der Waals surface area contributed by atoms with Crippen molar-refractivity contribution < 1.29 is 38.1 Å². The third kappa shape index (κ3) is 10.2. The van der Waals surface area contributed by atoms with E-state index >= 15 is 0 Å². The molecular weight excluding hydrogens is 468 g/mol.